The van der Waals surface area contributed by atoms with Crippen molar-refractivity contribution in [2.24, 2.45) is 11.8 Å². The van der Waals surface area contributed by atoms with Crippen molar-refractivity contribution in [2.75, 3.05) is 0 Å². The van der Waals surface area contributed by atoms with Gasteiger partial charge in [0.2, 0.25) is 5.91 Å². The number of nitrogens with zero attached hydrogens (tertiary/aromatic N) is 2. The van der Waals surface area contributed by atoms with Crippen LogP contribution < -0.4 is 10.1 Å². The molecule has 3 unspecified atom stereocenters. The van der Waals surface area contributed by atoms with Crippen LogP contribution in [0.15, 0.2) is 67.0 Å². The smallest absolute Gasteiger partial charge is 0.306 e. The molecule has 1 amide bonds. The normalized spacial score (nSPS) is 18.8. The average Bonchev–Trinajstić information content (AvgIpc) is 2.84. The second-order valence-electron chi connectivity index (χ2n) is 8.06. The maximum atomic E-state index is 13.1. The third kappa shape index (κ3) is 5.68. The van der Waals surface area contributed by atoms with E-state index in [1.54, 1.807) is 0 Å². The van der Waals surface area contributed by atoms with E-state index in [1.165, 1.54) is 12.4 Å². The van der Waals surface area contributed by atoms with Crippen molar-refractivity contribution in [2.45, 2.75) is 31.7 Å². The molecule has 1 aliphatic rings. The van der Waals surface area contributed by atoms with Crippen LogP contribution in [0.25, 0.3) is 0 Å². The molecule has 2 N–H and O–H groups in total. The Morgan fingerprint density at radius 2 is 1.64 bits per heavy atom. The summed E-state index contributed by atoms with van der Waals surface area (Å²) >= 11 is 6.31. The molecule has 3 atom stereocenters. The fourth-order valence-corrected chi connectivity index (χ4v) is 4.31. The van der Waals surface area contributed by atoms with Crippen molar-refractivity contribution in [3.63, 3.8) is 0 Å². The van der Waals surface area contributed by atoms with E-state index in [1.807, 2.05) is 54.6 Å². The molecule has 2 aromatic carbocycles. The van der Waals surface area contributed by atoms with Crippen LogP contribution in [0.1, 0.15) is 43.0 Å². The third-order valence-electron chi connectivity index (χ3n) is 5.83. The Morgan fingerprint density at radius 3 is 2.33 bits per heavy atom. The Hall–Kier alpha value is -3.45. The SMILES string of the molecule is O=C(O)C1CCCC(C(=O)NC(c2ccc(Oc3ccccc3)cc2)c2nccnc2Cl)C1. The van der Waals surface area contributed by atoms with E-state index in [4.69, 9.17) is 16.3 Å². The minimum Gasteiger partial charge on any atom is -0.481 e. The van der Waals surface area contributed by atoms with E-state index in [9.17, 15) is 14.7 Å². The number of rotatable bonds is 7. The van der Waals surface area contributed by atoms with E-state index < -0.39 is 17.9 Å². The van der Waals surface area contributed by atoms with Gasteiger partial charge in [0.05, 0.1) is 12.0 Å². The van der Waals surface area contributed by atoms with Crippen molar-refractivity contribution in [3.05, 3.63) is 83.4 Å². The summed E-state index contributed by atoms with van der Waals surface area (Å²) in [7, 11) is 0. The molecule has 7 nitrogen and oxygen atoms in total. The number of amides is 1. The largest absolute Gasteiger partial charge is 0.481 e. The second kappa shape index (κ2) is 10.4. The zero-order valence-electron chi connectivity index (χ0n) is 17.9. The monoisotopic (exact) mass is 465 g/mol. The van der Waals surface area contributed by atoms with E-state index >= 15 is 0 Å². The standard InChI is InChI=1S/C25H24ClN3O4/c26-23-22(27-13-14-28-23)21(29-24(30)17-5-4-6-18(15-17)25(31)32)16-9-11-20(12-10-16)33-19-7-2-1-3-8-19/h1-3,7-14,17-18,21H,4-6,15H2,(H,29,30)(H,31,32). The van der Waals surface area contributed by atoms with Gasteiger partial charge >= 0.3 is 5.97 Å². The first kappa shape index (κ1) is 22.7. The van der Waals surface area contributed by atoms with E-state index in [2.05, 4.69) is 15.3 Å². The predicted octanol–water partition coefficient (Wildman–Crippen LogP) is 5.02. The molecule has 1 saturated carbocycles. The number of carboxylic acids is 1. The number of aromatic nitrogens is 2. The van der Waals surface area contributed by atoms with Crippen LogP contribution in [0.4, 0.5) is 0 Å². The number of ether oxygens (including phenoxy) is 1. The number of para-hydroxylation sites is 1. The van der Waals surface area contributed by atoms with E-state index in [0.717, 1.165) is 11.3 Å². The number of hydrogen-bond donors (Lipinski definition) is 2. The van der Waals surface area contributed by atoms with Crippen LogP contribution in [0, 0.1) is 11.8 Å². The van der Waals surface area contributed by atoms with Crippen LogP contribution in [0.5, 0.6) is 11.5 Å². The molecule has 170 valence electrons. The summed E-state index contributed by atoms with van der Waals surface area (Å²) in [5.74, 6) is -0.567. The first-order valence-corrected chi connectivity index (χ1v) is 11.2. The third-order valence-corrected chi connectivity index (χ3v) is 6.12. The Bertz CT molecular complexity index is 1110. The summed E-state index contributed by atoms with van der Waals surface area (Å²) in [6.45, 7) is 0. The van der Waals surface area contributed by atoms with Gasteiger partial charge in [0.25, 0.3) is 0 Å². The molecule has 0 spiro atoms. The molecule has 8 heteroatoms. The number of benzene rings is 2. The fourth-order valence-electron chi connectivity index (χ4n) is 4.10. The van der Waals surface area contributed by atoms with Crippen molar-refractivity contribution >= 4 is 23.5 Å². The number of carbonyl (C=O) groups excluding carboxylic acids is 1. The van der Waals surface area contributed by atoms with Crippen LogP contribution in [-0.2, 0) is 9.59 Å². The molecular formula is C25H24ClN3O4. The highest BCUT2D eigenvalue weighted by molar-refractivity contribution is 6.30. The topological polar surface area (TPSA) is 101 Å². The summed E-state index contributed by atoms with van der Waals surface area (Å²) in [5, 5.41) is 12.6. The highest BCUT2D eigenvalue weighted by Crippen LogP contribution is 2.32. The van der Waals surface area contributed by atoms with E-state index in [0.29, 0.717) is 37.1 Å². The quantitative estimate of drug-likeness (QED) is 0.508. The van der Waals surface area contributed by atoms with Gasteiger partial charge in [-0.3, -0.25) is 14.6 Å². The number of aliphatic carboxylic acids is 1. The maximum Gasteiger partial charge on any atom is 0.306 e. The van der Waals surface area contributed by atoms with Gasteiger partial charge in [-0.15, -0.1) is 0 Å². The van der Waals surface area contributed by atoms with Crippen molar-refractivity contribution in [1.29, 1.82) is 0 Å². The molecule has 0 radical (unpaired) electrons. The molecule has 1 aromatic heterocycles. The van der Waals surface area contributed by atoms with Crippen LogP contribution in [0.3, 0.4) is 0 Å². The maximum absolute atomic E-state index is 13.1. The molecule has 1 heterocycles. The zero-order valence-corrected chi connectivity index (χ0v) is 18.6. The molecule has 1 fully saturated rings. The number of nitrogens with one attached hydrogen (secondary N) is 1. The summed E-state index contributed by atoms with van der Waals surface area (Å²) < 4.78 is 5.86. The van der Waals surface area contributed by atoms with E-state index in [-0.39, 0.29) is 17.0 Å². The Kier molecular flexibility index (Phi) is 7.19. The Balaban J connectivity index is 1.56. The lowest BCUT2D eigenvalue weighted by atomic mass is 9.81. The molecule has 0 saturated heterocycles. The molecule has 33 heavy (non-hydrogen) atoms. The van der Waals surface area contributed by atoms with Crippen molar-refractivity contribution in [1.82, 2.24) is 15.3 Å². The Morgan fingerprint density at radius 1 is 0.970 bits per heavy atom. The number of carbonyl (C=O) groups is 2. The molecule has 3 aromatic rings. The van der Waals surface area contributed by atoms with Gasteiger partial charge in [-0.25, -0.2) is 4.98 Å². The van der Waals surface area contributed by atoms with Gasteiger partial charge in [0.1, 0.15) is 17.2 Å². The van der Waals surface area contributed by atoms with Gasteiger partial charge in [-0.2, -0.15) is 0 Å². The van der Waals surface area contributed by atoms with Gasteiger partial charge in [0.15, 0.2) is 5.15 Å². The van der Waals surface area contributed by atoms with Crippen LogP contribution in [-0.4, -0.2) is 27.0 Å². The van der Waals surface area contributed by atoms with Crippen LogP contribution in [0.2, 0.25) is 5.15 Å². The lowest BCUT2D eigenvalue weighted by Gasteiger charge is -2.28. The molecule has 1 aliphatic carbocycles. The fraction of sp³-hybridized carbons (Fsp3) is 0.280. The average molecular weight is 466 g/mol. The molecule has 0 bridgehead atoms. The number of carboxylic acid groups (broad SMARTS) is 1. The van der Waals surface area contributed by atoms with Gasteiger partial charge in [-0.05, 0) is 49.1 Å². The number of hydrogen-bond acceptors (Lipinski definition) is 5. The zero-order chi connectivity index (χ0) is 23.2. The minimum atomic E-state index is -0.852. The predicted molar refractivity (Wildman–Crippen MR) is 123 cm³/mol. The first-order chi connectivity index (χ1) is 16.0. The summed E-state index contributed by atoms with van der Waals surface area (Å²) in [4.78, 5) is 33.0. The molecule has 0 aliphatic heterocycles. The summed E-state index contributed by atoms with van der Waals surface area (Å²) in [6, 6.07) is 16.1. The first-order valence-electron chi connectivity index (χ1n) is 10.8. The van der Waals surface area contributed by atoms with Crippen molar-refractivity contribution in [3.8, 4) is 11.5 Å². The minimum absolute atomic E-state index is 0.194. The summed E-state index contributed by atoms with van der Waals surface area (Å²) in [5.41, 5.74) is 1.19. The Labute approximate surface area is 196 Å². The lowest BCUT2D eigenvalue weighted by molar-refractivity contribution is -0.144. The highest BCUT2D eigenvalue weighted by atomic mass is 35.5. The molecular weight excluding hydrogens is 442 g/mol. The highest BCUT2D eigenvalue weighted by Gasteiger charge is 2.33. The van der Waals surface area contributed by atoms with Crippen molar-refractivity contribution < 1.29 is 19.4 Å². The van der Waals surface area contributed by atoms with Gasteiger partial charge in [0, 0.05) is 18.3 Å². The van der Waals surface area contributed by atoms with Crippen LogP contribution >= 0.6 is 11.6 Å². The second-order valence-corrected chi connectivity index (χ2v) is 8.41. The lowest BCUT2D eigenvalue weighted by Crippen LogP contribution is -2.38. The van der Waals surface area contributed by atoms with Gasteiger partial charge < -0.3 is 15.2 Å². The van der Waals surface area contributed by atoms with Gasteiger partial charge in [-0.1, -0.05) is 48.4 Å². The molecule has 4 rings (SSSR count). The number of halogens is 1. The summed E-state index contributed by atoms with van der Waals surface area (Å²) in [6.07, 6.45) is 5.29.